The predicted octanol–water partition coefficient (Wildman–Crippen LogP) is 6.55. The second-order valence-corrected chi connectivity index (χ2v) is 6.86. The Bertz CT molecular complexity index is 377. The van der Waals surface area contributed by atoms with Crippen molar-refractivity contribution in [2.24, 2.45) is 5.92 Å². The molecule has 7 heteroatoms. The van der Waals surface area contributed by atoms with E-state index in [0.29, 0.717) is 0 Å². The molecule has 0 aliphatic rings. The van der Waals surface area contributed by atoms with Crippen LogP contribution in [-0.4, -0.2) is 12.2 Å². The minimum absolute atomic E-state index is 0.898. The second-order valence-electron chi connectivity index (χ2n) is 6.86. The molecule has 1 atom stereocenters. The number of aromatic amines is 1. The lowest BCUT2D eigenvalue weighted by molar-refractivity contribution is -0.696. The molecule has 1 unspecified atom stereocenters. The van der Waals surface area contributed by atoms with Crippen LogP contribution in [0.25, 0.3) is 0 Å². The van der Waals surface area contributed by atoms with E-state index in [1.165, 1.54) is 70.6 Å². The lowest BCUT2D eigenvalue weighted by Crippen LogP contribution is -2.30. The van der Waals surface area contributed by atoms with Crippen molar-refractivity contribution in [3.8, 4) is 0 Å². The van der Waals surface area contributed by atoms with E-state index in [4.69, 9.17) is 0 Å². The van der Waals surface area contributed by atoms with Gasteiger partial charge in [0.2, 0.25) is 6.33 Å². The summed E-state index contributed by atoms with van der Waals surface area (Å²) >= 11 is 0. The zero-order chi connectivity index (χ0) is 19.0. The van der Waals surface area contributed by atoms with E-state index >= 15 is 0 Å². The summed E-state index contributed by atoms with van der Waals surface area (Å²) in [4.78, 5) is 3.10. The number of hydrogen-bond acceptors (Lipinski definition) is 0. The van der Waals surface area contributed by atoms with Gasteiger partial charge in [0.05, 0.1) is 6.54 Å². The Kier molecular flexibility index (Phi) is 14.7. The average molecular weight is 366 g/mol. The average Bonchev–Trinajstić information content (AvgIpc) is 3.01. The molecular formula is C18H35BF4N2. The van der Waals surface area contributed by atoms with Gasteiger partial charge in [-0.1, -0.05) is 71.6 Å². The molecule has 0 amide bonds. The molecule has 1 aromatic rings. The van der Waals surface area contributed by atoms with Gasteiger partial charge in [-0.15, -0.1) is 0 Å². The molecule has 1 rings (SSSR count). The van der Waals surface area contributed by atoms with E-state index in [2.05, 4.69) is 29.6 Å². The van der Waals surface area contributed by atoms with Gasteiger partial charge in [-0.3, -0.25) is 4.98 Å². The number of nitrogens with zero attached hydrogens (tertiary/aromatic N) is 1. The van der Waals surface area contributed by atoms with Gasteiger partial charge >= 0.3 is 7.25 Å². The van der Waals surface area contributed by atoms with Gasteiger partial charge in [0.1, 0.15) is 12.4 Å². The van der Waals surface area contributed by atoms with Gasteiger partial charge in [0.15, 0.2) is 0 Å². The van der Waals surface area contributed by atoms with Crippen molar-refractivity contribution >= 4 is 7.25 Å². The minimum Gasteiger partial charge on any atom is -0.418 e. The van der Waals surface area contributed by atoms with Crippen LogP contribution in [0.5, 0.6) is 0 Å². The van der Waals surface area contributed by atoms with E-state index in [9.17, 15) is 17.3 Å². The van der Waals surface area contributed by atoms with Crippen LogP contribution in [0.2, 0.25) is 0 Å². The first-order valence-electron chi connectivity index (χ1n) is 9.72. The molecule has 2 nitrogen and oxygen atoms in total. The van der Waals surface area contributed by atoms with E-state index in [1.54, 1.807) is 0 Å². The van der Waals surface area contributed by atoms with E-state index in [0.717, 1.165) is 12.5 Å². The smallest absolute Gasteiger partial charge is 0.418 e. The number of nitrogens with one attached hydrogen (secondary N) is 1. The molecule has 0 aliphatic carbocycles. The summed E-state index contributed by atoms with van der Waals surface area (Å²) in [7, 11) is -6.00. The van der Waals surface area contributed by atoms with Gasteiger partial charge < -0.3 is 17.3 Å². The molecular weight excluding hydrogens is 331 g/mol. The fourth-order valence-corrected chi connectivity index (χ4v) is 2.85. The molecule has 0 radical (unpaired) electrons. The second kappa shape index (κ2) is 15.3. The number of H-pyrrole nitrogens is 1. The Morgan fingerprint density at radius 3 is 1.92 bits per heavy atom. The predicted molar refractivity (Wildman–Crippen MR) is 96.8 cm³/mol. The van der Waals surface area contributed by atoms with Crippen LogP contribution >= 0.6 is 0 Å². The van der Waals surface area contributed by atoms with Crippen LogP contribution in [0.1, 0.15) is 84.5 Å². The highest BCUT2D eigenvalue weighted by atomic mass is 19.5. The fourth-order valence-electron chi connectivity index (χ4n) is 2.85. The Balaban J connectivity index is 0.00000101. The van der Waals surface area contributed by atoms with Gasteiger partial charge in [-0.25, -0.2) is 4.57 Å². The number of aromatic nitrogens is 2. The summed E-state index contributed by atoms with van der Waals surface area (Å²) in [6.45, 7) is 5.87. The first-order valence-corrected chi connectivity index (χ1v) is 9.72. The Labute approximate surface area is 150 Å². The van der Waals surface area contributed by atoms with Crippen molar-refractivity contribution in [3.05, 3.63) is 18.7 Å². The van der Waals surface area contributed by atoms with Crippen LogP contribution < -0.4 is 4.57 Å². The summed E-state index contributed by atoms with van der Waals surface area (Å²) in [6, 6.07) is 0. The Morgan fingerprint density at radius 2 is 1.40 bits per heavy atom. The molecule has 0 bridgehead atoms. The SMILES string of the molecule is CCCCCCCCCCC(C)CCC[n+]1cc[nH]c1.F[B-](F)(F)F. The summed E-state index contributed by atoms with van der Waals surface area (Å²) in [6.07, 6.45) is 21.7. The van der Waals surface area contributed by atoms with Crippen molar-refractivity contribution in [3.63, 3.8) is 0 Å². The third-order valence-electron chi connectivity index (χ3n) is 4.27. The maximum atomic E-state index is 9.75. The van der Waals surface area contributed by atoms with E-state index < -0.39 is 7.25 Å². The highest BCUT2D eigenvalue weighted by Crippen LogP contribution is 2.16. The summed E-state index contributed by atoms with van der Waals surface area (Å²) in [5, 5.41) is 0. The van der Waals surface area contributed by atoms with Gasteiger partial charge in [0.25, 0.3) is 0 Å². The number of hydrogen-bond donors (Lipinski definition) is 1. The number of unbranched alkanes of at least 4 members (excludes halogenated alkanes) is 7. The van der Waals surface area contributed by atoms with Crippen molar-refractivity contribution in [2.75, 3.05) is 0 Å². The molecule has 148 valence electrons. The monoisotopic (exact) mass is 366 g/mol. The molecule has 0 spiro atoms. The fraction of sp³-hybridized carbons (Fsp3) is 0.833. The van der Waals surface area contributed by atoms with Gasteiger partial charge in [-0.2, -0.15) is 0 Å². The highest BCUT2D eigenvalue weighted by Gasteiger charge is 2.20. The van der Waals surface area contributed by atoms with E-state index in [-0.39, 0.29) is 0 Å². The molecule has 1 heterocycles. The summed E-state index contributed by atoms with van der Waals surface area (Å²) in [5.74, 6) is 0.898. The van der Waals surface area contributed by atoms with Crippen molar-refractivity contribution in [1.29, 1.82) is 0 Å². The molecule has 1 N–H and O–H groups in total. The first kappa shape index (κ1) is 24.0. The number of rotatable bonds is 13. The minimum atomic E-state index is -6.00. The molecule has 0 aromatic carbocycles. The third-order valence-corrected chi connectivity index (χ3v) is 4.27. The summed E-state index contributed by atoms with van der Waals surface area (Å²) in [5.41, 5.74) is 0. The zero-order valence-corrected chi connectivity index (χ0v) is 15.8. The van der Waals surface area contributed by atoms with Crippen molar-refractivity contribution in [1.82, 2.24) is 4.98 Å². The van der Waals surface area contributed by atoms with Crippen LogP contribution in [0.4, 0.5) is 17.3 Å². The first-order chi connectivity index (χ1) is 11.8. The molecule has 0 saturated carbocycles. The van der Waals surface area contributed by atoms with Crippen molar-refractivity contribution in [2.45, 2.75) is 91.0 Å². The third kappa shape index (κ3) is 21.0. The standard InChI is InChI=1S/C18H34N2.BF4/c1-3-4-5-6-7-8-9-10-12-18(2)13-11-15-20-16-14-19-17-20;2-1(3,4)5/h14,16-18H,3-13,15H2,1-2H3;/q;-1/p+1. The van der Waals surface area contributed by atoms with Crippen LogP contribution in [0.3, 0.4) is 0 Å². The Morgan fingerprint density at radius 1 is 0.880 bits per heavy atom. The van der Waals surface area contributed by atoms with Crippen LogP contribution in [-0.2, 0) is 6.54 Å². The molecule has 0 fully saturated rings. The highest BCUT2D eigenvalue weighted by molar-refractivity contribution is 6.50. The normalized spacial score (nSPS) is 12.6. The lowest BCUT2D eigenvalue weighted by Gasteiger charge is -2.10. The quantitative estimate of drug-likeness (QED) is 0.177. The van der Waals surface area contributed by atoms with Crippen LogP contribution in [0, 0.1) is 5.92 Å². The van der Waals surface area contributed by atoms with Gasteiger partial charge in [-0.05, 0) is 18.8 Å². The van der Waals surface area contributed by atoms with Crippen molar-refractivity contribution < 1.29 is 21.8 Å². The topological polar surface area (TPSA) is 19.7 Å². The number of aryl methyl sites for hydroxylation is 1. The van der Waals surface area contributed by atoms with Crippen LogP contribution in [0.15, 0.2) is 18.7 Å². The Hall–Kier alpha value is -1.01. The molecule has 0 aliphatic heterocycles. The maximum Gasteiger partial charge on any atom is 0.673 e. The largest absolute Gasteiger partial charge is 0.673 e. The summed E-state index contributed by atoms with van der Waals surface area (Å²) < 4.78 is 41.2. The lowest BCUT2D eigenvalue weighted by atomic mass is 9.97. The maximum absolute atomic E-state index is 9.75. The van der Waals surface area contributed by atoms with Gasteiger partial charge in [0, 0.05) is 0 Å². The molecule has 0 saturated heterocycles. The number of halogens is 4. The molecule has 25 heavy (non-hydrogen) atoms. The number of imidazole rings is 1. The zero-order valence-electron chi connectivity index (χ0n) is 15.8. The van der Waals surface area contributed by atoms with E-state index in [1.807, 2.05) is 12.5 Å². The molecule has 1 aromatic heterocycles.